The summed E-state index contributed by atoms with van der Waals surface area (Å²) in [6, 6.07) is 1.56. The molecule has 1 amide bonds. The van der Waals surface area contributed by atoms with Gasteiger partial charge in [0.2, 0.25) is 0 Å². The summed E-state index contributed by atoms with van der Waals surface area (Å²) in [7, 11) is 0. The van der Waals surface area contributed by atoms with Crippen LogP contribution < -0.4 is 5.32 Å². The molecule has 1 heterocycles. The fourth-order valence-corrected chi connectivity index (χ4v) is 2.79. The van der Waals surface area contributed by atoms with E-state index in [4.69, 9.17) is 5.11 Å². The van der Waals surface area contributed by atoms with Crippen LogP contribution in [0.2, 0.25) is 0 Å². The molecule has 1 aromatic rings. The van der Waals surface area contributed by atoms with E-state index in [2.05, 4.69) is 21.2 Å². The first-order chi connectivity index (χ1) is 9.51. The Kier molecular flexibility index (Phi) is 4.65. The highest BCUT2D eigenvalue weighted by atomic mass is 79.9. The average molecular weight is 341 g/mol. The monoisotopic (exact) mass is 340 g/mol. The maximum atomic E-state index is 12.3. The van der Waals surface area contributed by atoms with Crippen LogP contribution in [0.3, 0.4) is 0 Å². The number of carboxylic acids is 1. The summed E-state index contributed by atoms with van der Waals surface area (Å²) >= 11 is 3.37. The van der Waals surface area contributed by atoms with Gasteiger partial charge in [0, 0.05) is 23.3 Å². The Bertz CT molecular complexity index is 551. The number of aryl methyl sites for hydroxylation is 1. The number of amides is 1. The van der Waals surface area contributed by atoms with E-state index >= 15 is 0 Å². The molecule has 0 saturated carbocycles. The van der Waals surface area contributed by atoms with Crippen LogP contribution in [0.5, 0.6) is 0 Å². The van der Waals surface area contributed by atoms with Crippen LogP contribution >= 0.6 is 15.9 Å². The molecule has 20 heavy (non-hydrogen) atoms. The lowest BCUT2D eigenvalue weighted by molar-refractivity contribution is -0.140. The third-order valence-electron chi connectivity index (χ3n) is 3.28. The van der Waals surface area contributed by atoms with Crippen LogP contribution in [0.4, 0.5) is 0 Å². The third kappa shape index (κ3) is 3.30. The van der Waals surface area contributed by atoms with Gasteiger partial charge in [-0.25, -0.2) is 0 Å². The molecular weight excluding hydrogens is 324 g/mol. The van der Waals surface area contributed by atoms with Crippen LogP contribution in [0.15, 0.2) is 28.9 Å². The molecule has 1 aromatic heterocycles. The lowest BCUT2D eigenvalue weighted by Crippen LogP contribution is -2.34. The molecule has 0 aliphatic heterocycles. The van der Waals surface area contributed by atoms with Crippen molar-refractivity contribution in [3.8, 4) is 0 Å². The molecule has 2 unspecified atom stereocenters. The number of rotatable bonds is 5. The minimum atomic E-state index is -0.852. The summed E-state index contributed by atoms with van der Waals surface area (Å²) in [5.74, 6) is -1.53. The summed E-state index contributed by atoms with van der Waals surface area (Å²) in [6.07, 6.45) is 6.61. The molecular formula is C14H17BrN2O3. The maximum Gasteiger partial charge on any atom is 0.310 e. The zero-order chi connectivity index (χ0) is 14.7. The minimum Gasteiger partial charge on any atom is -0.481 e. The van der Waals surface area contributed by atoms with Crippen molar-refractivity contribution in [3.05, 3.63) is 34.6 Å². The smallest absolute Gasteiger partial charge is 0.310 e. The second kappa shape index (κ2) is 6.26. The largest absolute Gasteiger partial charge is 0.481 e. The number of nitrogens with one attached hydrogen (secondary N) is 1. The van der Waals surface area contributed by atoms with Crippen molar-refractivity contribution in [2.75, 3.05) is 0 Å². The molecule has 0 spiro atoms. The van der Waals surface area contributed by atoms with Gasteiger partial charge in [0.15, 0.2) is 0 Å². The molecule has 6 heteroatoms. The SMILES string of the molecule is CCCn1cc(Br)cc1C(=O)NC1C=CC(C(=O)O)C1. The number of carbonyl (C=O) groups is 2. The van der Waals surface area contributed by atoms with Crippen molar-refractivity contribution in [2.45, 2.75) is 32.4 Å². The summed E-state index contributed by atoms with van der Waals surface area (Å²) in [5, 5.41) is 11.8. The first-order valence-electron chi connectivity index (χ1n) is 6.59. The quantitative estimate of drug-likeness (QED) is 0.808. The van der Waals surface area contributed by atoms with Gasteiger partial charge in [0.1, 0.15) is 5.69 Å². The van der Waals surface area contributed by atoms with Crippen molar-refractivity contribution in [1.82, 2.24) is 9.88 Å². The number of carboxylic acid groups (broad SMARTS) is 1. The molecule has 2 N–H and O–H groups in total. The van der Waals surface area contributed by atoms with Gasteiger partial charge < -0.3 is 15.0 Å². The lowest BCUT2D eigenvalue weighted by atomic mass is 10.1. The Morgan fingerprint density at radius 3 is 2.85 bits per heavy atom. The lowest BCUT2D eigenvalue weighted by Gasteiger charge is -2.13. The van der Waals surface area contributed by atoms with Gasteiger partial charge in [-0.05, 0) is 34.8 Å². The number of hydrogen-bond acceptors (Lipinski definition) is 2. The highest BCUT2D eigenvalue weighted by Gasteiger charge is 2.26. The van der Waals surface area contributed by atoms with Gasteiger partial charge in [0.05, 0.1) is 5.92 Å². The highest BCUT2D eigenvalue weighted by molar-refractivity contribution is 9.10. The topological polar surface area (TPSA) is 71.3 Å². The molecule has 1 aliphatic carbocycles. The minimum absolute atomic E-state index is 0.176. The number of aliphatic carboxylic acids is 1. The Morgan fingerprint density at radius 2 is 2.25 bits per heavy atom. The predicted molar refractivity (Wildman–Crippen MR) is 78.6 cm³/mol. The van der Waals surface area contributed by atoms with E-state index in [0.29, 0.717) is 12.1 Å². The molecule has 2 rings (SSSR count). The third-order valence-corrected chi connectivity index (χ3v) is 3.71. The predicted octanol–water partition coefficient (Wildman–Crippen LogP) is 2.42. The van der Waals surface area contributed by atoms with Crippen LogP contribution in [-0.2, 0) is 11.3 Å². The van der Waals surface area contributed by atoms with E-state index in [1.165, 1.54) is 0 Å². The average Bonchev–Trinajstić information content (AvgIpc) is 2.97. The van der Waals surface area contributed by atoms with Crippen LogP contribution in [0.1, 0.15) is 30.3 Å². The van der Waals surface area contributed by atoms with Crippen LogP contribution in [0, 0.1) is 5.92 Å². The van der Waals surface area contributed by atoms with Crippen molar-refractivity contribution >= 4 is 27.8 Å². The molecule has 1 aliphatic rings. The Hall–Kier alpha value is -1.56. The van der Waals surface area contributed by atoms with E-state index in [1.54, 1.807) is 18.2 Å². The fourth-order valence-electron chi connectivity index (χ4n) is 2.32. The summed E-state index contributed by atoms with van der Waals surface area (Å²) < 4.78 is 2.76. The first kappa shape index (κ1) is 14.8. The number of halogens is 1. The van der Waals surface area contributed by atoms with E-state index in [9.17, 15) is 9.59 Å². The zero-order valence-corrected chi connectivity index (χ0v) is 12.8. The Balaban J connectivity index is 2.03. The van der Waals surface area contributed by atoms with Gasteiger partial charge in [-0.2, -0.15) is 0 Å². The normalized spacial score (nSPS) is 21.1. The number of hydrogen-bond donors (Lipinski definition) is 2. The highest BCUT2D eigenvalue weighted by Crippen LogP contribution is 2.20. The van der Waals surface area contributed by atoms with Gasteiger partial charge >= 0.3 is 5.97 Å². The van der Waals surface area contributed by atoms with Gasteiger partial charge in [-0.1, -0.05) is 19.1 Å². The van der Waals surface area contributed by atoms with E-state index in [-0.39, 0.29) is 11.9 Å². The number of nitrogens with zero attached hydrogens (tertiary/aromatic N) is 1. The van der Waals surface area contributed by atoms with Gasteiger partial charge in [-0.15, -0.1) is 0 Å². The van der Waals surface area contributed by atoms with Crippen molar-refractivity contribution < 1.29 is 14.7 Å². The number of carbonyl (C=O) groups excluding carboxylic acids is 1. The van der Waals surface area contributed by atoms with Crippen molar-refractivity contribution in [3.63, 3.8) is 0 Å². The molecule has 108 valence electrons. The standard InChI is InChI=1S/C14H17BrN2O3/c1-2-5-17-8-10(15)7-12(17)13(18)16-11-4-3-9(6-11)14(19)20/h3-4,7-9,11H,2,5-6H2,1H3,(H,16,18)(H,19,20). The van der Waals surface area contributed by atoms with E-state index in [0.717, 1.165) is 17.4 Å². The number of aromatic nitrogens is 1. The fraction of sp³-hybridized carbons (Fsp3) is 0.429. The molecule has 5 nitrogen and oxygen atoms in total. The Labute approximate surface area is 125 Å². The molecule has 2 atom stereocenters. The van der Waals surface area contributed by atoms with Crippen molar-refractivity contribution in [2.24, 2.45) is 5.92 Å². The maximum absolute atomic E-state index is 12.3. The summed E-state index contributed by atoms with van der Waals surface area (Å²) in [4.78, 5) is 23.1. The summed E-state index contributed by atoms with van der Waals surface area (Å²) in [5.41, 5.74) is 0.589. The molecule has 0 fully saturated rings. The van der Waals surface area contributed by atoms with Crippen LogP contribution in [0.25, 0.3) is 0 Å². The summed E-state index contributed by atoms with van der Waals surface area (Å²) in [6.45, 7) is 2.82. The molecule has 0 saturated heterocycles. The van der Waals surface area contributed by atoms with Crippen LogP contribution in [-0.4, -0.2) is 27.6 Å². The molecule has 0 bridgehead atoms. The van der Waals surface area contributed by atoms with E-state index < -0.39 is 11.9 Å². The Morgan fingerprint density at radius 1 is 1.50 bits per heavy atom. The van der Waals surface area contributed by atoms with E-state index in [1.807, 2.05) is 17.7 Å². The van der Waals surface area contributed by atoms with Gasteiger partial charge in [-0.3, -0.25) is 9.59 Å². The van der Waals surface area contributed by atoms with Gasteiger partial charge in [0.25, 0.3) is 5.91 Å². The zero-order valence-electron chi connectivity index (χ0n) is 11.2. The van der Waals surface area contributed by atoms with Crippen molar-refractivity contribution in [1.29, 1.82) is 0 Å². The molecule has 0 radical (unpaired) electrons. The first-order valence-corrected chi connectivity index (χ1v) is 7.38. The molecule has 0 aromatic carbocycles. The second-order valence-electron chi connectivity index (χ2n) is 4.88. The second-order valence-corrected chi connectivity index (χ2v) is 5.80.